The molecule has 0 aliphatic rings. The SMILES string of the molecule is C[C@H](C(=O)NC(C)(C)C)N(Cc1ccc(Cl)cc1)C(=O)CN(c1ccc(F)cc1)S(=O)(=O)N(C)C. The number of benzene rings is 2. The molecule has 0 fully saturated rings. The molecule has 192 valence electrons. The van der Waals surface area contributed by atoms with Crippen LogP contribution in [0.2, 0.25) is 5.02 Å². The quantitative estimate of drug-likeness (QED) is 0.542. The molecule has 1 N–H and O–H groups in total. The molecule has 0 aromatic heterocycles. The lowest BCUT2D eigenvalue weighted by Crippen LogP contribution is -2.54. The van der Waals surface area contributed by atoms with Crippen molar-refractivity contribution in [2.45, 2.75) is 45.8 Å². The zero-order valence-corrected chi connectivity index (χ0v) is 22.3. The first kappa shape index (κ1) is 28.5. The predicted molar refractivity (Wildman–Crippen MR) is 136 cm³/mol. The molecule has 2 rings (SSSR count). The van der Waals surface area contributed by atoms with Crippen molar-refractivity contribution in [3.8, 4) is 0 Å². The fraction of sp³-hybridized carbons (Fsp3) is 0.417. The number of anilines is 1. The van der Waals surface area contributed by atoms with Gasteiger partial charge in [0.15, 0.2) is 0 Å². The summed E-state index contributed by atoms with van der Waals surface area (Å²) in [6.07, 6.45) is 0. The Hall–Kier alpha value is -2.69. The third kappa shape index (κ3) is 7.91. The van der Waals surface area contributed by atoms with Crippen molar-refractivity contribution in [3.05, 3.63) is 64.9 Å². The van der Waals surface area contributed by atoms with Gasteiger partial charge in [-0.3, -0.25) is 9.59 Å². The van der Waals surface area contributed by atoms with Crippen LogP contribution in [-0.4, -0.2) is 61.7 Å². The zero-order chi connectivity index (χ0) is 26.6. The highest BCUT2D eigenvalue weighted by atomic mass is 35.5. The lowest BCUT2D eigenvalue weighted by Gasteiger charge is -2.34. The third-order valence-corrected chi connectivity index (χ3v) is 7.14. The first-order valence-electron chi connectivity index (χ1n) is 10.9. The molecule has 0 bridgehead atoms. The number of carbonyl (C=O) groups excluding carboxylic acids is 2. The van der Waals surface area contributed by atoms with E-state index < -0.39 is 40.1 Å². The Balaban J connectivity index is 2.45. The number of nitrogens with zero attached hydrogens (tertiary/aromatic N) is 3. The van der Waals surface area contributed by atoms with Crippen molar-refractivity contribution in [1.82, 2.24) is 14.5 Å². The number of nitrogens with one attached hydrogen (secondary N) is 1. The molecular formula is C24H32ClFN4O4S. The molecule has 0 radical (unpaired) electrons. The van der Waals surface area contributed by atoms with Crippen LogP contribution in [0.3, 0.4) is 0 Å². The summed E-state index contributed by atoms with van der Waals surface area (Å²) >= 11 is 5.97. The molecule has 2 aromatic rings. The van der Waals surface area contributed by atoms with Gasteiger partial charge in [-0.25, -0.2) is 8.70 Å². The van der Waals surface area contributed by atoms with E-state index in [0.29, 0.717) is 10.6 Å². The third-order valence-electron chi connectivity index (χ3n) is 5.07. The van der Waals surface area contributed by atoms with E-state index in [9.17, 15) is 22.4 Å². The van der Waals surface area contributed by atoms with Crippen molar-refractivity contribution in [2.75, 3.05) is 24.9 Å². The van der Waals surface area contributed by atoms with E-state index in [1.807, 2.05) is 20.8 Å². The second-order valence-electron chi connectivity index (χ2n) is 9.34. The Morgan fingerprint density at radius 3 is 2.06 bits per heavy atom. The summed E-state index contributed by atoms with van der Waals surface area (Å²) in [6, 6.07) is 10.7. The van der Waals surface area contributed by atoms with Gasteiger partial charge in [0.2, 0.25) is 11.8 Å². The minimum absolute atomic E-state index is 0.0496. The van der Waals surface area contributed by atoms with Crippen LogP contribution in [0, 0.1) is 5.82 Å². The summed E-state index contributed by atoms with van der Waals surface area (Å²) in [6.45, 7) is 6.51. The summed E-state index contributed by atoms with van der Waals surface area (Å²) in [5.74, 6) is -1.53. The van der Waals surface area contributed by atoms with Gasteiger partial charge in [0.25, 0.3) is 0 Å². The van der Waals surface area contributed by atoms with Crippen LogP contribution in [0.25, 0.3) is 0 Å². The van der Waals surface area contributed by atoms with E-state index in [4.69, 9.17) is 11.6 Å². The topological polar surface area (TPSA) is 90.0 Å². The average molecular weight is 527 g/mol. The summed E-state index contributed by atoms with van der Waals surface area (Å²) in [7, 11) is -1.44. The van der Waals surface area contributed by atoms with Crippen LogP contribution >= 0.6 is 11.6 Å². The monoisotopic (exact) mass is 526 g/mol. The van der Waals surface area contributed by atoms with Crippen molar-refractivity contribution >= 4 is 39.3 Å². The number of hydrogen-bond acceptors (Lipinski definition) is 4. The Labute approximate surface area is 211 Å². The summed E-state index contributed by atoms with van der Waals surface area (Å²) < 4.78 is 41.4. The van der Waals surface area contributed by atoms with Gasteiger partial charge in [0, 0.05) is 31.2 Å². The van der Waals surface area contributed by atoms with Crippen molar-refractivity contribution in [1.29, 1.82) is 0 Å². The molecule has 0 aliphatic heterocycles. The second-order valence-corrected chi connectivity index (χ2v) is 11.8. The summed E-state index contributed by atoms with van der Waals surface area (Å²) in [4.78, 5) is 27.8. The van der Waals surface area contributed by atoms with Crippen LogP contribution in [0.15, 0.2) is 48.5 Å². The highest BCUT2D eigenvalue weighted by molar-refractivity contribution is 7.90. The van der Waals surface area contributed by atoms with E-state index in [2.05, 4.69) is 5.32 Å². The molecular weight excluding hydrogens is 495 g/mol. The molecule has 8 nitrogen and oxygen atoms in total. The van der Waals surface area contributed by atoms with E-state index in [0.717, 1.165) is 20.7 Å². The Morgan fingerprint density at radius 2 is 1.57 bits per heavy atom. The van der Waals surface area contributed by atoms with Crippen LogP contribution < -0.4 is 9.62 Å². The molecule has 0 aliphatic carbocycles. The van der Waals surface area contributed by atoms with E-state index in [1.165, 1.54) is 31.1 Å². The fourth-order valence-corrected chi connectivity index (χ4v) is 4.35. The normalized spacial score (nSPS) is 12.8. The number of amides is 2. The second kappa shape index (κ2) is 11.4. The van der Waals surface area contributed by atoms with E-state index in [-0.39, 0.29) is 18.1 Å². The summed E-state index contributed by atoms with van der Waals surface area (Å²) in [5, 5.41) is 3.37. The molecule has 2 aromatic carbocycles. The lowest BCUT2D eigenvalue weighted by molar-refractivity contribution is -0.140. The van der Waals surface area contributed by atoms with Crippen LogP contribution in [-0.2, 0) is 26.3 Å². The molecule has 0 heterocycles. The Morgan fingerprint density at radius 1 is 1.03 bits per heavy atom. The average Bonchev–Trinajstić information content (AvgIpc) is 2.75. The van der Waals surface area contributed by atoms with Crippen LogP contribution in [0.4, 0.5) is 10.1 Å². The minimum Gasteiger partial charge on any atom is -0.350 e. The van der Waals surface area contributed by atoms with Crippen molar-refractivity contribution in [3.63, 3.8) is 0 Å². The fourth-order valence-electron chi connectivity index (χ4n) is 3.17. The molecule has 35 heavy (non-hydrogen) atoms. The van der Waals surface area contributed by atoms with Crippen molar-refractivity contribution in [2.24, 2.45) is 0 Å². The highest BCUT2D eigenvalue weighted by Crippen LogP contribution is 2.22. The van der Waals surface area contributed by atoms with Gasteiger partial charge < -0.3 is 10.2 Å². The Bertz CT molecular complexity index is 1130. The van der Waals surface area contributed by atoms with Crippen molar-refractivity contribution < 1.29 is 22.4 Å². The van der Waals surface area contributed by atoms with Gasteiger partial charge in [0.05, 0.1) is 5.69 Å². The Kier molecular flexibility index (Phi) is 9.27. The minimum atomic E-state index is -4.11. The molecule has 0 spiro atoms. The number of halogens is 2. The molecule has 0 unspecified atom stereocenters. The van der Waals surface area contributed by atoms with Crippen LogP contribution in [0.1, 0.15) is 33.3 Å². The molecule has 1 atom stereocenters. The maximum Gasteiger partial charge on any atom is 0.304 e. The molecule has 0 saturated carbocycles. The number of hydrogen-bond donors (Lipinski definition) is 1. The van der Waals surface area contributed by atoms with E-state index in [1.54, 1.807) is 31.2 Å². The maximum absolute atomic E-state index is 13.6. The van der Waals surface area contributed by atoms with E-state index >= 15 is 0 Å². The van der Waals surface area contributed by atoms with Gasteiger partial charge in [-0.05, 0) is 69.7 Å². The summed E-state index contributed by atoms with van der Waals surface area (Å²) in [5.41, 5.74) is 0.294. The van der Waals surface area contributed by atoms with Gasteiger partial charge >= 0.3 is 10.2 Å². The van der Waals surface area contributed by atoms with Gasteiger partial charge in [-0.1, -0.05) is 23.7 Å². The molecule has 11 heteroatoms. The lowest BCUT2D eigenvalue weighted by atomic mass is 10.1. The number of carbonyl (C=O) groups is 2. The van der Waals surface area contributed by atoms with Gasteiger partial charge in [-0.2, -0.15) is 12.7 Å². The van der Waals surface area contributed by atoms with Gasteiger partial charge in [0.1, 0.15) is 18.4 Å². The predicted octanol–water partition coefficient (Wildman–Crippen LogP) is 3.42. The maximum atomic E-state index is 13.6. The number of rotatable bonds is 9. The smallest absolute Gasteiger partial charge is 0.304 e. The first-order chi connectivity index (χ1) is 16.1. The largest absolute Gasteiger partial charge is 0.350 e. The highest BCUT2D eigenvalue weighted by Gasteiger charge is 2.33. The van der Waals surface area contributed by atoms with Gasteiger partial charge in [-0.15, -0.1) is 0 Å². The molecule has 0 saturated heterocycles. The standard InChI is InChI=1S/C24H32ClFN4O4S/c1-17(23(32)27-24(2,3)4)29(15-18-7-9-19(25)10-8-18)22(31)16-30(35(33,34)28(5)6)21-13-11-20(26)12-14-21/h7-14,17H,15-16H2,1-6H3,(H,27,32)/t17-/m1/s1. The zero-order valence-electron chi connectivity index (χ0n) is 20.7. The molecule has 2 amide bonds. The first-order valence-corrected chi connectivity index (χ1v) is 12.7. The van der Waals surface area contributed by atoms with Crippen LogP contribution in [0.5, 0.6) is 0 Å².